The molecule has 0 aliphatic heterocycles. The lowest BCUT2D eigenvalue weighted by molar-refractivity contribution is 0.0931. The van der Waals surface area contributed by atoms with Crippen molar-refractivity contribution in [3.63, 3.8) is 0 Å². The zero-order chi connectivity index (χ0) is 16.8. The van der Waals surface area contributed by atoms with Crippen molar-refractivity contribution in [2.75, 3.05) is 7.11 Å². The highest BCUT2D eigenvalue weighted by molar-refractivity contribution is 9.10. The quantitative estimate of drug-likeness (QED) is 0.773. The number of hydrogen-bond acceptors (Lipinski definition) is 2. The second-order valence-electron chi connectivity index (χ2n) is 5.91. The highest BCUT2D eigenvalue weighted by atomic mass is 79.9. The zero-order valence-electron chi connectivity index (χ0n) is 13.7. The number of carbonyl (C=O) groups is 1. The first-order chi connectivity index (χ1) is 11.0. The van der Waals surface area contributed by atoms with Gasteiger partial charge in [-0.05, 0) is 58.1 Å². The Morgan fingerprint density at radius 3 is 2.35 bits per heavy atom. The van der Waals surface area contributed by atoms with Crippen LogP contribution in [0.1, 0.15) is 42.2 Å². The third-order valence-corrected chi connectivity index (χ3v) is 4.34. The van der Waals surface area contributed by atoms with Gasteiger partial charge in [0, 0.05) is 4.47 Å². The predicted molar refractivity (Wildman–Crippen MR) is 96.8 cm³/mol. The van der Waals surface area contributed by atoms with E-state index >= 15 is 0 Å². The van der Waals surface area contributed by atoms with E-state index in [1.165, 1.54) is 0 Å². The van der Waals surface area contributed by atoms with Crippen molar-refractivity contribution in [1.29, 1.82) is 0 Å². The minimum atomic E-state index is -0.0704. The SMILES string of the molecule is COc1ccc(C(CC(C)C)NC(=O)c2ccccc2Br)cc1. The van der Waals surface area contributed by atoms with E-state index in [0.29, 0.717) is 11.5 Å². The molecular formula is C19H22BrNO2. The fraction of sp³-hybridized carbons (Fsp3) is 0.316. The highest BCUT2D eigenvalue weighted by Gasteiger charge is 2.18. The first-order valence-electron chi connectivity index (χ1n) is 7.70. The number of methoxy groups -OCH3 is 1. The molecule has 0 aliphatic carbocycles. The predicted octanol–water partition coefficient (Wildman–Crippen LogP) is 4.97. The van der Waals surface area contributed by atoms with Crippen LogP contribution < -0.4 is 10.1 Å². The van der Waals surface area contributed by atoms with Gasteiger partial charge >= 0.3 is 0 Å². The van der Waals surface area contributed by atoms with Crippen LogP contribution in [0.25, 0.3) is 0 Å². The minimum Gasteiger partial charge on any atom is -0.497 e. The van der Waals surface area contributed by atoms with Crippen LogP contribution in [0.4, 0.5) is 0 Å². The number of hydrogen-bond donors (Lipinski definition) is 1. The van der Waals surface area contributed by atoms with Gasteiger partial charge in [-0.1, -0.05) is 38.1 Å². The monoisotopic (exact) mass is 375 g/mol. The van der Waals surface area contributed by atoms with Gasteiger partial charge in [-0.2, -0.15) is 0 Å². The maximum atomic E-state index is 12.6. The van der Waals surface area contributed by atoms with Gasteiger partial charge in [0.25, 0.3) is 5.91 Å². The van der Waals surface area contributed by atoms with E-state index in [1.54, 1.807) is 7.11 Å². The number of ether oxygens (including phenoxy) is 1. The third kappa shape index (κ3) is 4.83. The summed E-state index contributed by atoms with van der Waals surface area (Å²) in [6.45, 7) is 4.31. The zero-order valence-corrected chi connectivity index (χ0v) is 15.3. The molecule has 0 saturated heterocycles. The molecule has 4 heteroatoms. The summed E-state index contributed by atoms with van der Waals surface area (Å²) in [5.74, 6) is 1.22. The number of halogens is 1. The van der Waals surface area contributed by atoms with Gasteiger partial charge in [0.2, 0.25) is 0 Å². The van der Waals surface area contributed by atoms with Gasteiger partial charge in [-0.25, -0.2) is 0 Å². The average Bonchev–Trinajstić information content (AvgIpc) is 2.54. The van der Waals surface area contributed by atoms with Gasteiger partial charge in [0.1, 0.15) is 5.75 Å². The van der Waals surface area contributed by atoms with Gasteiger partial charge in [-0.15, -0.1) is 0 Å². The molecule has 122 valence electrons. The molecule has 0 aromatic heterocycles. The number of rotatable bonds is 6. The van der Waals surface area contributed by atoms with Gasteiger partial charge in [0.05, 0.1) is 18.7 Å². The Bertz CT molecular complexity index is 653. The summed E-state index contributed by atoms with van der Waals surface area (Å²) in [5, 5.41) is 3.15. The lowest BCUT2D eigenvalue weighted by Gasteiger charge is -2.22. The standard InChI is InChI=1S/C19H22BrNO2/c1-13(2)12-18(14-8-10-15(23-3)11-9-14)21-19(22)16-6-4-5-7-17(16)20/h4-11,13,18H,12H2,1-3H3,(H,21,22). The van der Waals surface area contributed by atoms with Crippen LogP contribution in [0, 0.1) is 5.92 Å². The fourth-order valence-corrected chi connectivity index (χ4v) is 2.93. The normalized spacial score (nSPS) is 12.0. The average molecular weight is 376 g/mol. The molecule has 2 rings (SSSR count). The van der Waals surface area contributed by atoms with E-state index in [9.17, 15) is 4.79 Å². The summed E-state index contributed by atoms with van der Waals surface area (Å²) < 4.78 is 6.00. The maximum absolute atomic E-state index is 12.6. The van der Waals surface area contributed by atoms with Crippen LogP contribution in [0.2, 0.25) is 0 Å². The molecule has 1 unspecified atom stereocenters. The Hall–Kier alpha value is -1.81. The van der Waals surface area contributed by atoms with Crippen molar-refractivity contribution >= 4 is 21.8 Å². The van der Waals surface area contributed by atoms with Crippen molar-refractivity contribution in [2.45, 2.75) is 26.3 Å². The molecule has 0 radical (unpaired) electrons. The number of amides is 1. The summed E-state index contributed by atoms with van der Waals surface area (Å²) in [6, 6.07) is 15.3. The van der Waals surface area contributed by atoms with Crippen LogP contribution in [0.3, 0.4) is 0 Å². The molecule has 2 aromatic rings. The largest absolute Gasteiger partial charge is 0.497 e. The van der Waals surface area contributed by atoms with Crippen molar-refractivity contribution in [1.82, 2.24) is 5.32 Å². The van der Waals surface area contributed by atoms with Crippen LogP contribution in [-0.4, -0.2) is 13.0 Å². The Kier molecular flexibility index (Phi) is 6.22. The molecule has 1 N–H and O–H groups in total. The van der Waals surface area contributed by atoms with Crippen LogP contribution in [-0.2, 0) is 0 Å². The van der Waals surface area contributed by atoms with E-state index in [0.717, 1.165) is 22.2 Å². The summed E-state index contributed by atoms with van der Waals surface area (Å²) in [5.41, 5.74) is 1.73. The molecule has 1 atom stereocenters. The molecule has 0 aliphatic rings. The van der Waals surface area contributed by atoms with Crippen molar-refractivity contribution in [2.24, 2.45) is 5.92 Å². The maximum Gasteiger partial charge on any atom is 0.252 e. The molecule has 2 aromatic carbocycles. The lowest BCUT2D eigenvalue weighted by atomic mass is 9.96. The lowest BCUT2D eigenvalue weighted by Crippen LogP contribution is -2.29. The van der Waals surface area contributed by atoms with E-state index in [1.807, 2.05) is 48.5 Å². The molecule has 0 fully saturated rings. The smallest absolute Gasteiger partial charge is 0.252 e. The fourth-order valence-electron chi connectivity index (χ4n) is 2.47. The second kappa shape index (κ2) is 8.16. The molecule has 3 nitrogen and oxygen atoms in total. The van der Waals surface area contributed by atoms with Gasteiger partial charge < -0.3 is 10.1 Å². The van der Waals surface area contributed by atoms with E-state index < -0.39 is 0 Å². The van der Waals surface area contributed by atoms with Gasteiger partial charge in [-0.3, -0.25) is 4.79 Å². The number of benzene rings is 2. The van der Waals surface area contributed by atoms with Crippen LogP contribution >= 0.6 is 15.9 Å². The van der Waals surface area contributed by atoms with Crippen molar-refractivity contribution in [3.8, 4) is 5.75 Å². The van der Waals surface area contributed by atoms with E-state index in [2.05, 4.69) is 35.1 Å². The van der Waals surface area contributed by atoms with Crippen molar-refractivity contribution < 1.29 is 9.53 Å². The molecule has 1 amide bonds. The van der Waals surface area contributed by atoms with Crippen molar-refractivity contribution in [3.05, 3.63) is 64.1 Å². The summed E-state index contributed by atoms with van der Waals surface area (Å²) in [6.07, 6.45) is 0.878. The van der Waals surface area contributed by atoms with Crippen LogP contribution in [0.5, 0.6) is 5.75 Å². The van der Waals surface area contributed by atoms with E-state index in [-0.39, 0.29) is 11.9 Å². The first kappa shape index (κ1) is 17.5. The molecule has 0 bridgehead atoms. The molecule has 0 spiro atoms. The summed E-state index contributed by atoms with van der Waals surface area (Å²) in [7, 11) is 1.65. The minimum absolute atomic E-state index is 0.0273. The summed E-state index contributed by atoms with van der Waals surface area (Å²) >= 11 is 3.44. The Labute approximate surface area is 146 Å². The Balaban J connectivity index is 2.21. The number of nitrogens with one attached hydrogen (secondary N) is 1. The summed E-state index contributed by atoms with van der Waals surface area (Å²) in [4.78, 5) is 12.6. The topological polar surface area (TPSA) is 38.3 Å². The Morgan fingerprint density at radius 2 is 1.78 bits per heavy atom. The molecule has 0 saturated carbocycles. The van der Waals surface area contributed by atoms with Crippen LogP contribution in [0.15, 0.2) is 53.0 Å². The third-order valence-electron chi connectivity index (χ3n) is 3.65. The Morgan fingerprint density at radius 1 is 1.13 bits per heavy atom. The molecule has 23 heavy (non-hydrogen) atoms. The van der Waals surface area contributed by atoms with Gasteiger partial charge in [0.15, 0.2) is 0 Å². The molecular weight excluding hydrogens is 354 g/mol. The molecule has 0 heterocycles. The number of carbonyl (C=O) groups excluding carboxylic acids is 1. The first-order valence-corrected chi connectivity index (χ1v) is 8.50. The van der Waals surface area contributed by atoms with E-state index in [4.69, 9.17) is 4.74 Å². The highest BCUT2D eigenvalue weighted by Crippen LogP contribution is 2.25. The second-order valence-corrected chi connectivity index (χ2v) is 6.76.